The lowest BCUT2D eigenvalue weighted by atomic mass is 10.0. The zero-order chi connectivity index (χ0) is 22.8. The second kappa shape index (κ2) is 11.9. The summed E-state index contributed by atoms with van der Waals surface area (Å²) in [5, 5.41) is 15.1. The molecule has 0 fully saturated rings. The molecule has 0 spiro atoms. The topological polar surface area (TPSA) is 119 Å². The van der Waals surface area contributed by atoms with Crippen molar-refractivity contribution in [2.75, 3.05) is 6.54 Å². The van der Waals surface area contributed by atoms with E-state index in [-0.39, 0.29) is 22.7 Å². The maximum atomic E-state index is 13.1. The zero-order valence-corrected chi connectivity index (χ0v) is 18.3. The van der Waals surface area contributed by atoms with Crippen LogP contribution in [0, 0.1) is 0 Å². The van der Waals surface area contributed by atoms with E-state index in [9.17, 15) is 9.90 Å². The number of carbonyl (C=O) groups excluding carboxylic acids is 1. The Kier molecular flexibility index (Phi) is 9.27. The van der Waals surface area contributed by atoms with Gasteiger partial charge in [0.15, 0.2) is 5.76 Å². The average Bonchev–Trinajstić information content (AvgIpc) is 3.19. The maximum Gasteiger partial charge on any atom is 0.216 e. The number of nitrogens with two attached hydrogens (primary N) is 2. The maximum absolute atomic E-state index is 13.1. The van der Waals surface area contributed by atoms with E-state index >= 15 is 0 Å². The summed E-state index contributed by atoms with van der Waals surface area (Å²) >= 11 is 6.24. The molecule has 0 amide bonds. The summed E-state index contributed by atoms with van der Waals surface area (Å²) in [7, 11) is 0. The van der Waals surface area contributed by atoms with Gasteiger partial charge in [0.25, 0.3) is 0 Å². The Morgan fingerprint density at radius 3 is 2.74 bits per heavy atom. The van der Waals surface area contributed by atoms with Crippen molar-refractivity contribution >= 4 is 17.4 Å². The van der Waals surface area contributed by atoms with Crippen LogP contribution >= 0.6 is 11.6 Å². The Morgan fingerprint density at radius 2 is 2.10 bits per heavy atom. The van der Waals surface area contributed by atoms with Crippen LogP contribution in [0.5, 0.6) is 0 Å². The first kappa shape index (κ1) is 24.1. The minimum absolute atomic E-state index is 0.0494. The minimum Gasteiger partial charge on any atom is -0.394 e. The van der Waals surface area contributed by atoms with Gasteiger partial charge in [-0.1, -0.05) is 66.2 Å². The number of hydrogen-bond donors (Lipinski definition) is 3. The molecule has 0 saturated carbocycles. The predicted octanol–water partition coefficient (Wildman–Crippen LogP) is 4.11. The van der Waals surface area contributed by atoms with E-state index in [1.807, 2.05) is 44.2 Å². The Morgan fingerprint density at radius 1 is 1.35 bits per heavy atom. The highest BCUT2D eigenvalue weighted by atomic mass is 35.5. The van der Waals surface area contributed by atoms with Crippen LogP contribution in [0.1, 0.15) is 36.3 Å². The van der Waals surface area contributed by atoms with E-state index in [0.717, 1.165) is 12.0 Å². The number of aliphatic hydroxyl groups is 1. The first-order chi connectivity index (χ1) is 14.9. The molecule has 0 bridgehead atoms. The van der Waals surface area contributed by atoms with Crippen LogP contribution in [-0.2, 0) is 6.61 Å². The fourth-order valence-electron chi connectivity index (χ4n) is 2.78. The molecule has 0 radical (unpaired) electrons. The Hall–Kier alpha value is -3.13. The number of halogens is 1. The highest BCUT2D eigenvalue weighted by molar-refractivity contribution is 6.33. The molecule has 0 aliphatic heterocycles. The van der Waals surface area contributed by atoms with Gasteiger partial charge >= 0.3 is 0 Å². The molecule has 0 unspecified atom stereocenters. The van der Waals surface area contributed by atoms with Gasteiger partial charge in [0.1, 0.15) is 5.69 Å². The van der Waals surface area contributed by atoms with Gasteiger partial charge in [0, 0.05) is 11.8 Å². The Balaban J connectivity index is 2.34. The molecular formula is C23H27ClN4O3. The van der Waals surface area contributed by atoms with Crippen molar-refractivity contribution in [2.24, 2.45) is 11.6 Å². The molecule has 0 aliphatic rings. The van der Waals surface area contributed by atoms with E-state index < -0.39 is 12.4 Å². The quantitative estimate of drug-likeness (QED) is 0.166. The number of nitrogens with zero attached hydrogens (tertiary/aromatic N) is 2. The lowest BCUT2D eigenvalue weighted by Crippen LogP contribution is -2.30. The SMILES string of the molecule is C\C=C/C=C(\C=C/CC)CN(N)/C=C(\N)C(=O)c1c(CO)noc1-c1ccccc1Cl. The normalized spacial score (nSPS) is 12.8. The van der Waals surface area contributed by atoms with E-state index in [4.69, 9.17) is 27.7 Å². The summed E-state index contributed by atoms with van der Waals surface area (Å²) in [6.07, 6.45) is 12.0. The Labute approximate surface area is 186 Å². The minimum atomic E-state index is -0.571. The number of rotatable bonds is 10. The molecule has 0 saturated heterocycles. The number of carbonyl (C=O) groups is 1. The van der Waals surface area contributed by atoms with Gasteiger partial charge in [-0.15, -0.1) is 0 Å². The van der Waals surface area contributed by atoms with Crippen LogP contribution in [0.3, 0.4) is 0 Å². The van der Waals surface area contributed by atoms with E-state index in [1.165, 1.54) is 11.2 Å². The Bertz CT molecular complexity index is 1020. The third-order valence-electron chi connectivity index (χ3n) is 4.26. The number of ketones is 1. The summed E-state index contributed by atoms with van der Waals surface area (Å²) < 4.78 is 5.31. The second-order valence-electron chi connectivity index (χ2n) is 6.64. The molecule has 1 heterocycles. The van der Waals surface area contributed by atoms with Gasteiger partial charge in [-0.3, -0.25) is 4.79 Å². The molecule has 164 valence electrons. The molecule has 1 aromatic carbocycles. The molecule has 2 rings (SSSR count). The number of hydrogen-bond acceptors (Lipinski definition) is 7. The number of Topliss-reactive ketones (excluding diaryl/α,β-unsaturated/α-hetero) is 1. The van der Waals surface area contributed by atoms with Gasteiger partial charge in [-0.25, -0.2) is 5.84 Å². The number of allylic oxidation sites excluding steroid dienone is 5. The molecule has 5 N–H and O–H groups in total. The van der Waals surface area contributed by atoms with Gasteiger partial charge in [0.05, 0.1) is 29.4 Å². The van der Waals surface area contributed by atoms with Crippen LogP contribution in [0.15, 0.2) is 76.6 Å². The van der Waals surface area contributed by atoms with Gasteiger partial charge in [-0.05, 0) is 31.1 Å². The number of benzene rings is 1. The monoisotopic (exact) mass is 442 g/mol. The largest absolute Gasteiger partial charge is 0.394 e. The molecule has 31 heavy (non-hydrogen) atoms. The van der Waals surface area contributed by atoms with E-state index in [1.54, 1.807) is 24.3 Å². The summed E-state index contributed by atoms with van der Waals surface area (Å²) in [5.41, 5.74) is 7.45. The van der Waals surface area contributed by atoms with Crippen LogP contribution in [0.2, 0.25) is 5.02 Å². The highest BCUT2D eigenvalue weighted by Crippen LogP contribution is 2.33. The lowest BCUT2D eigenvalue weighted by molar-refractivity contribution is 0.102. The first-order valence-corrected chi connectivity index (χ1v) is 10.2. The van der Waals surface area contributed by atoms with Crippen molar-refractivity contribution in [3.05, 3.63) is 88.4 Å². The summed E-state index contributed by atoms with van der Waals surface area (Å²) in [4.78, 5) is 13.1. The zero-order valence-electron chi connectivity index (χ0n) is 17.6. The smallest absolute Gasteiger partial charge is 0.216 e. The molecular weight excluding hydrogens is 416 g/mol. The van der Waals surface area contributed by atoms with Gasteiger partial charge < -0.3 is 20.4 Å². The second-order valence-corrected chi connectivity index (χ2v) is 7.04. The van der Waals surface area contributed by atoms with Gasteiger partial charge in [0.2, 0.25) is 5.78 Å². The summed E-state index contributed by atoms with van der Waals surface area (Å²) in [5.74, 6) is 5.64. The number of hydrazine groups is 1. The average molecular weight is 443 g/mol. The van der Waals surface area contributed by atoms with Crippen molar-refractivity contribution in [1.29, 1.82) is 0 Å². The van der Waals surface area contributed by atoms with Crippen molar-refractivity contribution in [1.82, 2.24) is 10.2 Å². The van der Waals surface area contributed by atoms with E-state index in [0.29, 0.717) is 17.1 Å². The molecule has 2 aromatic rings. The first-order valence-electron chi connectivity index (χ1n) is 9.78. The third kappa shape index (κ3) is 6.42. The molecule has 7 nitrogen and oxygen atoms in total. The van der Waals surface area contributed by atoms with Crippen LogP contribution in [-0.4, -0.2) is 27.6 Å². The van der Waals surface area contributed by atoms with Crippen molar-refractivity contribution in [2.45, 2.75) is 26.9 Å². The van der Waals surface area contributed by atoms with Crippen molar-refractivity contribution in [3.63, 3.8) is 0 Å². The standard InChI is InChI=1S/C23H27ClN4O3/c1-3-5-9-16(10-6-4-2)13-28(26)14-19(25)22(30)21-20(15-29)27-31-23(21)17-11-7-8-12-18(17)24/h3,5-12,14,29H,4,13,15,25-26H2,1-2H3/b5-3-,10-6-,16-9+,19-14-. The van der Waals surface area contributed by atoms with Crippen LogP contribution in [0.4, 0.5) is 0 Å². The van der Waals surface area contributed by atoms with Gasteiger partial charge in [-0.2, -0.15) is 0 Å². The number of aromatic nitrogens is 1. The molecule has 1 aromatic heterocycles. The number of aliphatic hydroxyl groups excluding tert-OH is 1. The van der Waals surface area contributed by atoms with Crippen molar-refractivity contribution in [3.8, 4) is 11.3 Å². The highest BCUT2D eigenvalue weighted by Gasteiger charge is 2.26. The van der Waals surface area contributed by atoms with E-state index in [2.05, 4.69) is 5.16 Å². The van der Waals surface area contributed by atoms with Crippen LogP contribution in [0.25, 0.3) is 11.3 Å². The lowest BCUT2D eigenvalue weighted by Gasteiger charge is -2.15. The third-order valence-corrected chi connectivity index (χ3v) is 4.59. The molecule has 8 heteroatoms. The van der Waals surface area contributed by atoms with Crippen molar-refractivity contribution < 1.29 is 14.4 Å². The molecule has 0 aliphatic carbocycles. The molecule has 0 atom stereocenters. The fraction of sp³-hybridized carbons (Fsp3) is 0.217. The predicted molar refractivity (Wildman–Crippen MR) is 123 cm³/mol. The van der Waals surface area contributed by atoms with Crippen LogP contribution < -0.4 is 11.6 Å². The fourth-order valence-corrected chi connectivity index (χ4v) is 3.00. The summed E-state index contributed by atoms with van der Waals surface area (Å²) in [6, 6.07) is 6.85. The summed E-state index contributed by atoms with van der Waals surface area (Å²) in [6.45, 7) is 3.80.